The molecule has 0 bridgehead atoms. The summed E-state index contributed by atoms with van der Waals surface area (Å²) < 4.78 is 5.11. The zero-order valence-electron chi connectivity index (χ0n) is 18.4. The van der Waals surface area contributed by atoms with Crippen LogP contribution in [0.4, 0.5) is 11.4 Å². The first-order chi connectivity index (χ1) is 15.7. The SMILES string of the molecule is Cc1ccc(C(=O)c2ccccc2C(=O)OCC(=O)Nc2cc([N+](=O)[O-])ccc2C)cc1C. The van der Waals surface area contributed by atoms with Crippen LogP contribution in [0.2, 0.25) is 0 Å². The molecule has 0 saturated heterocycles. The average Bonchev–Trinajstić information content (AvgIpc) is 2.80. The van der Waals surface area contributed by atoms with Gasteiger partial charge in [-0.25, -0.2) is 4.79 Å². The molecule has 0 unspecified atom stereocenters. The van der Waals surface area contributed by atoms with Gasteiger partial charge in [-0.15, -0.1) is 0 Å². The lowest BCUT2D eigenvalue weighted by Gasteiger charge is -2.11. The number of hydrogen-bond donors (Lipinski definition) is 1. The van der Waals surface area contributed by atoms with Crippen LogP contribution in [0.5, 0.6) is 0 Å². The summed E-state index contributed by atoms with van der Waals surface area (Å²) in [5.41, 5.74) is 3.34. The number of amides is 1. The van der Waals surface area contributed by atoms with Crippen LogP contribution in [0.25, 0.3) is 0 Å². The van der Waals surface area contributed by atoms with Crippen LogP contribution in [-0.4, -0.2) is 29.2 Å². The van der Waals surface area contributed by atoms with Crippen LogP contribution in [0.15, 0.2) is 60.7 Å². The van der Waals surface area contributed by atoms with Crippen molar-refractivity contribution in [1.29, 1.82) is 0 Å². The molecule has 0 saturated carbocycles. The Morgan fingerprint density at radius 1 is 0.879 bits per heavy atom. The number of nitro groups is 1. The summed E-state index contributed by atoms with van der Waals surface area (Å²) in [5, 5.41) is 13.4. The van der Waals surface area contributed by atoms with Crippen LogP contribution in [-0.2, 0) is 9.53 Å². The fourth-order valence-electron chi connectivity index (χ4n) is 3.15. The number of ether oxygens (including phenoxy) is 1. The van der Waals surface area contributed by atoms with Crippen molar-refractivity contribution >= 4 is 29.0 Å². The first-order valence-corrected chi connectivity index (χ1v) is 10.1. The predicted molar refractivity (Wildman–Crippen MR) is 123 cm³/mol. The molecular weight excluding hydrogens is 424 g/mol. The Balaban J connectivity index is 1.72. The molecule has 0 fully saturated rings. The number of esters is 1. The molecule has 0 atom stereocenters. The van der Waals surface area contributed by atoms with Crippen LogP contribution >= 0.6 is 0 Å². The normalized spacial score (nSPS) is 10.4. The van der Waals surface area contributed by atoms with Gasteiger partial charge in [-0.3, -0.25) is 19.7 Å². The summed E-state index contributed by atoms with van der Waals surface area (Å²) in [6.45, 7) is 4.90. The number of carbonyl (C=O) groups is 3. The summed E-state index contributed by atoms with van der Waals surface area (Å²) in [7, 11) is 0. The summed E-state index contributed by atoms with van der Waals surface area (Å²) in [6.07, 6.45) is 0. The number of benzene rings is 3. The van der Waals surface area contributed by atoms with Gasteiger partial charge < -0.3 is 10.1 Å². The van der Waals surface area contributed by atoms with Crippen LogP contribution in [0, 0.1) is 30.9 Å². The van der Waals surface area contributed by atoms with E-state index in [1.54, 1.807) is 31.2 Å². The number of non-ortho nitro benzene ring substituents is 1. The number of rotatable bonds is 7. The van der Waals surface area contributed by atoms with Gasteiger partial charge in [0.05, 0.1) is 16.2 Å². The van der Waals surface area contributed by atoms with Gasteiger partial charge in [0.15, 0.2) is 12.4 Å². The molecule has 0 radical (unpaired) electrons. The lowest BCUT2D eigenvalue weighted by Crippen LogP contribution is -2.22. The highest BCUT2D eigenvalue weighted by Crippen LogP contribution is 2.22. The fourth-order valence-corrected chi connectivity index (χ4v) is 3.15. The Morgan fingerprint density at radius 3 is 2.21 bits per heavy atom. The van der Waals surface area contributed by atoms with Crippen LogP contribution in [0.3, 0.4) is 0 Å². The molecule has 8 nitrogen and oxygen atoms in total. The van der Waals surface area contributed by atoms with E-state index in [-0.39, 0.29) is 28.3 Å². The summed E-state index contributed by atoms with van der Waals surface area (Å²) in [5.74, 6) is -1.82. The Bertz CT molecular complexity index is 1270. The second-order valence-corrected chi connectivity index (χ2v) is 7.55. The monoisotopic (exact) mass is 446 g/mol. The number of hydrogen-bond acceptors (Lipinski definition) is 6. The molecule has 0 aromatic heterocycles. The molecule has 3 rings (SSSR count). The van der Waals surface area contributed by atoms with Crippen molar-refractivity contribution in [3.63, 3.8) is 0 Å². The van der Waals surface area contributed by atoms with Gasteiger partial charge in [-0.05, 0) is 49.6 Å². The van der Waals surface area contributed by atoms with Crippen LogP contribution in [0.1, 0.15) is 43.0 Å². The lowest BCUT2D eigenvalue weighted by atomic mass is 9.96. The van der Waals surface area contributed by atoms with Crippen molar-refractivity contribution in [3.05, 3.63) is 104 Å². The largest absolute Gasteiger partial charge is 0.452 e. The lowest BCUT2D eigenvalue weighted by molar-refractivity contribution is -0.384. The smallest absolute Gasteiger partial charge is 0.339 e. The molecule has 1 amide bonds. The van der Waals surface area contributed by atoms with Gasteiger partial charge in [0.2, 0.25) is 0 Å². The number of nitrogens with one attached hydrogen (secondary N) is 1. The van der Waals surface area contributed by atoms with Crippen LogP contribution < -0.4 is 5.32 Å². The van der Waals surface area contributed by atoms with Crippen molar-refractivity contribution < 1.29 is 24.0 Å². The van der Waals surface area contributed by atoms with E-state index in [1.807, 2.05) is 19.9 Å². The molecule has 1 N–H and O–H groups in total. The molecular formula is C25H22N2O6. The molecule has 168 valence electrons. The van der Waals surface area contributed by atoms with E-state index >= 15 is 0 Å². The second kappa shape index (κ2) is 9.86. The van der Waals surface area contributed by atoms with Gasteiger partial charge in [0.1, 0.15) is 0 Å². The average molecular weight is 446 g/mol. The predicted octanol–water partition coefficient (Wildman–Crippen LogP) is 4.55. The molecule has 3 aromatic carbocycles. The quantitative estimate of drug-likeness (QED) is 0.246. The molecule has 3 aromatic rings. The molecule has 0 heterocycles. The first kappa shape index (κ1) is 23.3. The van der Waals surface area contributed by atoms with E-state index < -0.39 is 23.4 Å². The minimum absolute atomic E-state index is 0.0417. The van der Waals surface area contributed by atoms with E-state index in [2.05, 4.69) is 5.32 Å². The van der Waals surface area contributed by atoms with Crippen molar-refractivity contribution in [2.75, 3.05) is 11.9 Å². The van der Waals surface area contributed by atoms with E-state index in [0.29, 0.717) is 11.1 Å². The number of nitro benzene ring substituents is 1. The zero-order chi connectivity index (χ0) is 24.1. The summed E-state index contributed by atoms with van der Waals surface area (Å²) >= 11 is 0. The fraction of sp³-hybridized carbons (Fsp3) is 0.160. The third-order valence-corrected chi connectivity index (χ3v) is 5.20. The van der Waals surface area contributed by atoms with Gasteiger partial charge in [0.25, 0.3) is 11.6 Å². The van der Waals surface area contributed by atoms with Crippen molar-refractivity contribution in [1.82, 2.24) is 0 Å². The highest BCUT2D eigenvalue weighted by atomic mass is 16.6. The maximum atomic E-state index is 13.0. The van der Waals surface area contributed by atoms with E-state index in [0.717, 1.165) is 11.1 Å². The van der Waals surface area contributed by atoms with Crippen molar-refractivity contribution in [2.24, 2.45) is 0 Å². The number of anilines is 1. The van der Waals surface area contributed by atoms with E-state index in [1.165, 1.54) is 30.3 Å². The van der Waals surface area contributed by atoms with Gasteiger partial charge in [0, 0.05) is 23.3 Å². The van der Waals surface area contributed by atoms with Crippen molar-refractivity contribution in [3.8, 4) is 0 Å². The van der Waals surface area contributed by atoms with E-state index in [4.69, 9.17) is 4.74 Å². The summed E-state index contributed by atoms with van der Waals surface area (Å²) in [4.78, 5) is 48.3. The third-order valence-electron chi connectivity index (χ3n) is 5.20. The summed E-state index contributed by atoms with van der Waals surface area (Å²) in [6, 6.07) is 15.6. The topological polar surface area (TPSA) is 116 Å². The number of aryl methyl sites for hydroxylation is 3. The Morgan fingerprint density at radius 2 is 1.55 bits per heavy atom. The number of carbonyl (C=O) groups excluding carboxylic acids is 3. The minimum Gasteiger partial charge on any atom is -0.452 e. The standard InChI is InChI=1S/C25H22N2O6/c1-15-8-10-18(12-17(15)3)24(29)20-6-4-5-7-21(20)25(30)33-14-23(28)26-22-13-19(27(31)32)11-9-16(22)2/h4-13H,14H2,1-3H3,(H,26,28). The van der Waals surface area contributed by atoms with Gasteiger partial charge in [-0.2, -0.15) is 0 Å². The van der Waals surface area contributed by atoms with Gasteiger partial charge >= 0.3 is 5.97 Å². The Kier molecular flexibility index (Phi) is 6.97. The highest BCUT2D eigenvalue weighted by molar-refractivity contribution is 6.14. The zero-order valence-corrected chi connectivity index (χ0v) is 18.4. The Hall–Kier alpha value is -4.33. The minimum atomic E-state index is -0.825. The molecule has 0 aliphatic carbocycles. The first-order valence-electron chi connectivity index (χ1n) is 10.1. The maximum absolute atomic E-state index is 13.0. The molecule has 0 spiro atoms. The molecule has 33 heavy (non-hydrogen) atoms. The molecule has 0 aliphatic rings. The third kappa shape index (κ3) is 5.48. The highest BCUT2D eigenvalue weighted by Gasteiger charge is 2.20. The number of ketones is 1. The second-order valence-electron chi connectivity index (χ2n) is 7.55. The molecule has 8 heteroatoms. The Labute approximate surface area is 190 Å². The molecule has 0 aliphatic heterocycles. The van der Waals surface area contributed by atoms with Gasteiger partial charge in [-0.1, -0.05) is 36.4 Å². The van der Waals surface area contributed by atoms with Crippen molar-refractivity contribution in [2.45, 2.75) is 20.8 Å². The van der Waals surface area contributed by atoms with E-state index in [9.17, 15) is 24.5 Å². The maximum Gasteiger partial charge on any atom is 0.339 e. The number of nitrogens with zero attached hydrogens (tertiary/aromatic N) is 1.